The smallest absolute Gasteiger partial charge is 0.296 e. The lowest BCUT2D eigenvalue weighted by molar-refractivity contribution is -0.384. The van der Waals surface area contributed by atoms with Crippen LogP contribution in [-0.4, -0.2) is 33.3 Å². The first-order chi connectivity index (χ1) is 18.4. The van der Waals surface area contributed by atoms with E-state index in [1.807, 2.05) is 43.3 Å². The minimum atomic E-state index is -1.04. The van der Waals surface area contributed by atoms with E-state index < -0.39 is 28.4 Å². The van der Waals surface area contributed by atoms with Crippen LogP contribution in [0.2, 0.25) is 0 Å². The lowest BCUT2D eigenvalue weighted by atomic mass is 9.95. The zero-order valence-electron chi connectivity index (χ0n) is 20.1. The first-order valence-corrected chi connectivity index (χ1v) is 12.5. The largest absolute Gasteiger partial charge is 0.503 e. The van der Waals surface area contributed by atoms with Crippen LogP contribution in [0.5, 0.6) is 5.75 Å². The minimum absolute atomic E-state index is 0.134. The lowest BCUT2D eigenvalue weighted by Crippen LogP contribution is -2.30. The third kappa shape index (κ3) is 4.64. The Morgan fingerprint density at radius 1 is 1.16 bits per heavy atom. The van der Waals surface area contributed by atoms with Gasteiger partial charge in [0.15, 0.2) is 16.7 Å². The molecule has 2 heterocycles. The molecule has 1 aliphatic heterocycles. The van der Waals surface area contributed by atoms with Crippen molar-refractivity contribution in [1.82, 2.24) is 4.98 Å². The highest BCUT2D eigenvalue weighted by Crippen LogP contribution is 2.44. The molecular weight excluding hydrogens is 506 g/mol. The van der Waals surface area contributed by atoms with Gasteiger partial charge in [-0.05, 0) is 54.5 Å². The molecule has 1 N–H and O–H groups in total. The fraction of sp³-hybridized carbons (Fsp3) is 0.107. The molecule has 0 spiro atoms. The van der Waals surface area contributed by atoms with Crippen LogP contribution in [0.4, 0.5) is 10.8 Å². The molecule has 10 heteroatoms. The Balaban J connectivity index is 1.59. The number of aliphatic hydroxyl groups excluding tert-OH is 1. The summed E-state index contributed by atoms with van der Waals surface area (Å²) in [5, 5.41) is 22.4. The van der Waals surface area contributed by atoms with Crippen LogP contribution in [-0.2, 0) is 9.59 Å². The summed E-state index contributed by atoms with van der Waals surface area (Å²) in [4.78, 5) is 43.3. The quantitative estimate of drug-likeness (QED) is 0.175. The van der Waals surface area contributed by atoms with E-state index in [9.17, 15) is 24.8 Å². The van der Waals surface area contributed by atoms with Gasteiger partial charge >= 0.3 is 0 Å². The van der Waals surface area contributed by atoms with E-state index in [2.05, 4.69) is 4.98 Å². The molecule has 3 aromatic carbocycles. The topological polar surface area (TPSA) is 123 Å². The van der Waals surface area contributed by atoms with Crippen LogP contribution in [0.1, 0.15) is 24.1 Å². The van der Waals surface area contributed by atoms with Crippen molar-refractivity contribution in [2.24, 2.45) is 0 Å². The summed E-state index contributed by atoms with van der Waals surface area (Å²) >= 11 is 1.21. The molecule has 5 rings (SSSR count). The van der Waals surface area contributed by atoms with Gasteiger partial charge in [0.05, 0.1) is 33.4 Å². The summed E-state index contributed by atoms with van der Waals surface area (Å²) in [7, 11) is 0. The number of nitrogens with zero attached hydrogens (tertiary/aromatic N) is 3. The second-order valence-corrected chi connectivity index (χ2v) is 9.36. The molecule has 1 unspecified atom stereocenters. The number of nitro groups is 1. The number of amides is 1. The Hall–Kier alpha value is -4.83. The zero-order valence-corrected chi connectivity index (χ0v) is 20.9. The van der Waals surface area contributed by atoms with Crippen LogP contribution < -0.4 is 9.64 Å². The number of aromatic nitrogens is 1. The van der Waals surface area contributed by atoms with Crippen molar-refractivity contribution >= 4 is 50.1 Å². The number of non-ortho nitro benzene ring substituents is 1. The highest BCUT2D eigenvalue weighted by Gasteiger charge is 2.45. The molecule has 1 amide bonds. The molecule has 38 heavy (non-hydrogen) atoms. The van der Waals surface area contributed by atoms with E-state index in [1.165, 1.54) is 46.6 Å². The molecule has 1 atom stereocenters. The van der Waals surface area contributed by atoms with Gasteiger partial charge in [0.1, 0.15) is 5.75 Å². The second-order valence-electron chi connectivity index (χ2n) is 8.36. The van der Waals surface area contributed by atoms with Gasteiger partial charge < -0.3 is 9.84 Å². The molecule has 0 fully saturated rings. The summed E-state index contributed by atoms with van der Waals surface area (Å²) < 4.78 is 6.32. The average Bonchev–Trinajstić information content (AvgIpc) is 3.46. The van der Waals surface area contributed by atoms with Gasteiger partial charge in [0.25, 0.3) is 11.6 Å². The summed E-state index contributed by atoms with van der Waals surface area (Å²) in [6.07, 6.45) is 2.89. The van der Waals surface area contributed by atoms with Crippen LogP contribution in [0.25, 0.3) is 16.3 Å². The van der Waals surface area contributed by atoms with Gasteiger partial charge in [-0.3, -0.25) is 24.6 Å². The number of anilines is 1. The highest BCUT2D eigenvalue weighted by atomic mass is 32.1. The van der Waals surface area contributed by atoms with Crippen molar-refractivity contribution in [3.05, 3.63) is 111 Å². The third-order valence-electron chi connectivity index (χ3n) is 5.99. The standard InChI is InChI=1S/C28H21N3O6S/c1-2-37-20-13-14-21-23(16-20)38-28(29-21)30-25(18-9-11-19(12-10-18)31(35)36)24(26(33)27(30)34)22(32)15-8-17-6-4-3-5-7-17/h3-16,25,33H,2H2,1H3. The summed E-state index contributed by atoms with van der Waals surface area (Å²) in [5.74, 6) is -1.39. The number of fused-ring (bicyclic) bond motifs is 1. The molecule has 0 saturated heterocycles. The van der Waals surface area contributed by atoms with Crippen LogP contribution >= 0.6 is 11.3 Å². The van der Waals surface area contributed by atoms with E-state index in [0.717, 1.165) is 10.3 Å². The Kier molecular flexibility index (Phi) is 6.71. The molecule has 1 aliphatic rings. The number of hydrogen-bond acceptors (Lipinski definition) is 8. The van der Waals surface area contributed by atoms with E-state index in [4.69, 9.17) is 4.74 Å². The second kappa shape index (κ2) is 10.3. The minimum Gasteiger partial charge on any atom is -0.503 e. The number of aliphatic hydroxyl groups is 1. The predicted molar refractivity (Wildman–Crippen MR) is 144 cm³/mol. The first kappa shape index (κ1) is 24.8. The number of hydrogen-bond donors (Lipinski definition) is 1. The number of carbonyl (C=O) groups is 2. The monoisotopic (exact) mass is 527 g/mol. The SMILES string of the molecule is CCOc1ccc2nc(N3C(=O)C(O)=C(C(=O)C=Cc4ccccc4)C3c3ccc([N+](=O)[O-])cc3)sc2c1. The van der Waals surface area contributed by atoms with E-state index in [1.54, 1.807) is 18.2 Å². The number of nitro benzene ring substituents is 1. The molecular formula is C28H21N3O6S. The van der Waals surface area contributed by atoms with Gasteiger partial charge in [0.2, 0.25) is 0 Å². The van der Waals surface area contributed by atoms with E-state index >= 15 is 0 Å². The Morgan fingerprint density at radius 2 is 1.89 bits per heavy atom. The number of ether oxygens (including phenoxy) is 1. The molecule has 4 aromatic rings. The Bertz CT molecular complexity index is 1610. The maximum Gasteiger partial charge on any atom is 0.296 e. The number of carbonyl (C=O) groups excluding carboxylic acids is 2. The number of allylic oxidation sites excluding steroid dienone is 1. The average molecular weight is 528 g/mol. The normalized spacial score (nSPS) is 15.6. The number of thiazole rings is 1. The van der Waals surface area contributed by atoms with E-state index in [0.29, 0.717) is 23.4 Å². The molecule has 0 radical (unpaired) electrons. The van der Waals surface area contributed by atoms with Gasteiger partial charge in [-0.2, -0.15) is 0 Å². The van der Waals surface area contributed by atoms with Crippen LogP contribution in [0.15, 0.2) is 90.2 Å². The van der Waals surface area contributed by atoms with Gasteiger partial charge in [-0.1, -0.05) is 47.7 Å². The van der Waals surface area contributed by atoms with Gasteiger partial charge in [0, 0.05) is 12.1 Å². The van der Waals surface area contributed by atoms with Crippen molar-refractivity contribution in [2.45, 2.75) is 13.0 Å². The lowest BCUT2D eigenvalue weighted by Gasteiger charge is -2.24. The number of ketones is 1. The Morgan fingerprint density at radius 3 is 2.58 bits per heavy atom. The molecule has 1 aromatic heterocycles. The zero-order chi connectivity index (χ0) is 26.8. The van der Waals surface area contributed by atoms with Crippen molar-refractivity contribution in [2.75, 3.05) is 11.5 Å². The molecule has 9 nitrogen and oxygen atoms in total. The van der Waals surface area contributed by atoms with Crippen LogP contribution in [0.3, 0.4) is 0 Å². The fourth-order valence-electron chi connectivity index (χ4n) is 4.23. The summed E-state index contributed by atoms with van der Waals surface area (Å²) in [6.45, 7) is 2.36. The van der Waals surface area contributed by atoms with Gasteiger partial charge in [-0.25, -0.2) is 4.98 Å². The number of rotatable bonds is 8. The maximum atomic E-state index is 13.4. The summed E-state index contributed by atoms with van der Waals surface area (Å²) in [6, 6.07) is 19.0. The fourth-order valence-corrected chi connectivity index (χ4v) is 5.25. The van der Waals surface area contributed by atoms with Crippen molar-refractivity contribution in [3.63, 3.8) is 0 Å². The van der Waals surface area contributed by atoms with Crippen molar-refractivity contribution in [1.29, 1.82) is 0 Å². The molecule has 0 saturated carbocycles. The van der Waals surface area contributed by atoms with Gasteiger partial charge in [-0.15, -0.1) is 0 Å². The predicted octanol–water partition coefficient (Wildman–Crippen LogP) is 5.79. The first-order valence-electron chi connectivity index (χ1n) is 11.7. The molecule has 0 bridgehead atoms. The Labute approximate surface area is 221 Å². The van der Waals surface area contributed by atoms with Crippen molar-refractivity contribution in [3.8, 4) is 5.75 Å². The maximum absolute atomic E-state index is 13.4. The molecule has 190 valence electrons. The van der Waals surface area contributed by atoms with E-state index in [-0.39, 0.29) is 16.4 Å². The highest BCUT2D eigenvalue weighted by molar-refractivity contribution is 7.22. The van der Waals surface area contributed by atoms with Crippen LogP contribution in [0, 0.1) is 10.1 Å². The summed E-state index contributed by atoms with van der Waals surface area (Å²) in [5.41, 5.74) is 1.53. The third-order valence-corrected chi connectivity index (χ3v) is 7.00. The van der Waals surface area contributed by atoms with Crippen molar-refractivity contribution < 1.29 is 24.4 Å². The molecule has 0 aliphatic carbocycles. The number of benzene rings is 3.